The lowest BCUT2D eigenvalue weighted by Crippen LogP contribution is -2.31. The molecule has 170 valence electrons. The first-order chi connectivity index (χ1) is 15.8. The van der Waals surface area contributed by atoms with Gasteiger partial charge in [0.25, 0.3) is 5.91 Å². The maximum Gasteiger partial charge on any atom is 0.413 e. The number of aromatic nitrogens is 1. The SMILES string of the molecule is Cc1nc(NC(=O)OCC2c3ccccc3-c3ccccc32)sc1C(=O)NCC(C)C(=O)O. The first kappa shape index (κ1) is 22.5. The summed E-state index contributed by atoms with van der Waals surface area (Å²) in [5, 5.41) is 14.3. The van der Waals surface area contributed by atoms with Crippen molar-refractivity contribution in [3.63, 3.8) is 0 Å². The highest BCUT2D eigenvalue weighted by molar-refractivity contribution is 7.17. The van der Waals surface area contributed by atoms with Crippen LogP contribution in [0.4, 0.5) is 9.93 Å². The standard InChI is InChI=1S/C24H23N3O5S/c1-13(22(29)30)11-25-21(28)20-14(2)26-23(33-20)27-24(31)32-12-19-17-9-5-3-7-15(17)16-8-4-6-10-18(16)19/h3-10,13,19H,11-12H2,1-2H3,(H,25,28)(H,29,30)(H,26,27,31). The van der Waals surface area contributed by atoms with E-state index in [1.807, 2.05) is 36.4 Å². The Morgan fingerprint density at radius 2 is 1.70 bits per heavy atom. The summed E-state index contributed by atoms with van der Waals surface area (Å²) in [6, 6.07) is 16.1. The van der Waals surface area contributed by atoms with Crippen LogP contribution in [0.15, 0.2) is 48.5 Å². The fourth-order valence-electron chi connectivity index (χ4n) is 3.80. The van der Waals surface area contributed by atoms with E-state index in [0.29, 0.717) is 10.6 Å². The van der Waals surface area contributed by atoms with Crippen molar-refractivity contribution in [2.24, 2.45) is 5.92 Å². The number of rotatable bonds is 7. The van der Waals surface area contributed by atoms with Gasteiger partial charge in [0.2, 0.25) is 0 Å². The zero-order valence-corrected chi connectivity index (χ0v) is 18.9. The van der Waals surface area contributed by atoms with Crippen molar-refractivity contribution in [3.8, 4) is 11.1 Å². The largest absolute Gasteiger partial charge is 0.481 e. The van der Waals surface area contributed by atoms with Gasteiger partial charge < -0.3 is 15.2 Å². The molecule has 0 spiro atoms. The molecule has 0 radical (unpaired) electrons. The highest BCUT2D eigenvalue weighted by Gasteiger charge is 2.29. The third kappa shape index (κ3) is 4.73. The number of carbonyl (C=O) groups excluding carboxylic acids is 2. The summed E-state index contributed by atoms with van der Waals surface area (Å²) in [5.41, 5.74) is 4.96. The van der Waals surface area contributed by atoms with Gasteiger partial charge in [-0.15, -0.1) is 0 Å². The highest BCUT2D eigenvalue weighted by atomic mass is 32.1. The van der Waals surface area contributed by atoms with Crippen LogP contribution in [0.2, 0.25) is 0 Å². The van der Waals surface area contributed by atoms with Crippen LogP contribution in [0.1, 0.15) is 39.3 Å². The van der Waals surface area contributed by atoms with Gasteiger partial charge in [0, 0.05) is 12.5 Å². The van der Waals surface area contributed by atoms with Gasteiger partial charge in [-0.25, -0.2) is 9.78 Å². The number of anilines is 1. The van der Waals surface area contributed by atoms with Gasteiger partial charge in [0.15, 0.2) is 5.13 Å². The minimum absolute atomic E-state index is 0.000642. The number of benzene rings is 2. The van der Waals surface area contributed by atoms with E-state index in [-0.39, 0.29) is 24.2 Å². The lowest BCUT2D eigenvalue weighted by molar-refractivity contribution is -0.140. The zero-order valence-electron chi connectivity index (χ0n) is 18.1. The van der Waals surface area contributed by atoms with Crippen LogP contribution in [-0.4, -0.2) is 41.2 Å². The van der Waals surface area contributed by atoms with Crippen LogP contribution in [0.3, 0.4) is 0 Å². The molecule has 1 atom stereocenters. The Kier molecular flexibility index (Phi) is 6.41. The molecule has 2 amide bonds. The number of fused-ring (bicyclic) bond motifs is 3. The van der Waals surface area contributed by atoms with Crippen LogP contribution in [0.25, 0.3) is 11.1 Å². The number of nitrogens with one attached hydrogen (secondary N) is 2. The molecule has 9 heteroatoms. The van der Waals surface area contributed by atoms with Crippen LogP contribution in [0, 0.1) is 12.8 Å². The second kappa shape index (κ2) is 9.41. The third-order valence-corrected chi connectivity index (χ3v) is 6.62. The number of hydrogen-bond acceptors (Lipinski definition) is 6. The smallest absolute Gasteiger partial charge is 0.413 e. The Balaban J connectivity index is 1.38. The second-order valence-electron chi connectivity index (χ2n) is 7.83. The van der Waals surface area contributed by atoms with E-state index in [0.717, 1.165) is 33.6 Å². The van der Waals surface area contributed by atoms with Gasteiger partial charge in [0.05, 0.1) is 11.6 Å². The fraction of sp³-hybridized carbons (Fsp3) is 0.250. The van der Waals surface area contributed by atoms with Crippen molar-refractivity contribution in [3.05, 3.63) is 70.2 Å². The first-order valence-corrected chi connectivity index (χ1v) is 11.3. The summed E-state index contributed by atoms with van der Waals surface area (Å²) in [7, 11) is 0. The van der Waals surface area contributed by atoms with E-state index in [4.69, 9.17) is 9.84 Å². The summed E-state index contributed by atoms with van der Waals surface area (Å²) < 4.78 is 5.51. The molecule has 3 aromatic rings. The molecule has 0 bridgehead atoms. The molecule has 0 saturated heterocycles. The molecule has 1 aromatic heterocycles. The van der Waals surface area contributed by atoms with Crippen LogP contribution in [0.5, 0.6) is 0 Å². The first-order valence-electron chi connectivity index (χ1n) is 10.5. The summed E-state index contributed by atoms with van der Waals surface area (Å²) >= 11 is 1.01. The van der Waals surface area contributed by atoms with Gasteiger partial charge in [-0.1, -0.05) is 66.8 Å². The number of hydrogen-bond donors (Lipinski definition) is 3. The van der Waals surface area contributed by atoms with E-state index in [1.54, 1.807) is 6.92 Å². The van der Waals surface area contributed by atoms with E-state index in [9.17, 15) is 14.4 Å². The normalized spacial score (nSPS) is 13.0. The van der Waals surface area contributed by atoms with Crippen molar-refractivity contribution in [1.82, 2.24) is 10.3 Å². The molecule has 0 aliphatic heterocycles. The summed E-state index contributed by atoms with van der Waals surface area (Å²) in [5.74, 6) is -2.19. The van der Waals surface area contributed by atoms with Gasteiger partial charge in [-0.2, -0.15) is 0 Å². The van der Waals surface area contributed by atoms with Crippen molar-refractivity contribution < 1.29 is 24.2 Å². The Morgan fingerprint density at radius 1 is 1.09 bits per heavy atom. The average Bonchev–Trinajstić information content (AvgIpc) is 3.33. The minimum Gasteiger partial charge on any atom is -0.481 e. The van der Waals surface area contributed by atoms with Crippen molar-refractivity contribution in [2.45, 2.75) is 19.8 Å². The number of aliphatic carboxylic acids is 1. The van der Waals surface area contributed by atoms with Crippen molar-refractivity contribution in [1.29, 1.82) is 0 Å². The minimum atomic E-state index is -0.992. The molecular weight excluding hydrogens is 442 g/mol. The van der Waals surface area contributed by atoms with Crippen LogP contribution >= 0.6 is 11.3 Å². The third-order valence-electron chi connectivity index (χ3n) is 5.55. The maximum absolute atomic E-state index is 12.4. The number of carboxylic acids is 1. The van der Waals surface area contributed by atoms with E-state index >= 15 is 0 Å². The molecule has 0 fully saturated rings. The summed E-state index contributed by atoms with van der Waals surface area (Å²) in [6.07, 6.45) is -0.655. The number of ether oxygens (including phenoxy) is 1. The molecular formula is C24H23N3O5S. The molecule has 1 aliphatic rings. The number of thiazole rings is 1. The monoisotopic (exact) mass is 465 g/mol. The lowest BCUT2D eigenvalue weighted by atomic mass is 9.98. The second-order valence-corrected chi connectivity index (χ2v) is 8.83. The van der Waals surface area contributed by atoms with E-state index in [1.165, 1.54) is 6.92 Å². The number of carboxylic acid groups (broad SMARTS) is 1. The number of amides is 2. The predicted molar refractivity (Wildman–Crippen MR) is 125 cm³/mol. The Hall–Kier alpha value is -3.72. The number of nitrogens with zero attached hydrogens (tertiary/aromatic N) is 1. The molecule has 8 nitrogen and oxygen atoms in total. The van der Waals surface area contributed by atoms with Gasteiger partial charge in [-0.05, 0) is 29.2 Å². The predicted octanol–water partition coefficient (Wildman–Crippen LogP) is 4.26. The average molecular weight is 466 g/mol. The fourth-order valence-corrected chi connectivity index (χ4v) is 4.66. The molecule has 2 aromatic carbocycles. The van der Waals surface area contributed by atoms with Gasteiger partial charge in [-0.3, -0.25) is 14.9 Å². The van der Waals surface area contributed by atoms with Crippen LogP contribution < -0.4 is 10.6 Å². The Labute approximate surface area is 194 Å². The highest BCUT2D eigenvalue weighted by Crippen LogP contribution is 2.44. The maximum atomic E-state index is 12.4. The Morgan fingerprint density at radius 3 is 2.30 bits per heavy atom. The van der Waals surface area contributed by atoms with E-state index < -0.39 is 23.9 Å². The molecule has 3 N–H and O–H groups in total. The zero-order chi connectivity index (χ0) is 23.5. The van der Waals surface area contributed by atoms with E-state index in [2.05, 4.69) is 27.8 Å². The molecule has 1 heterocycles. The quantitative estimate of drug-likeness (QED) is 0.480. The molecule has 0 saturated carbocycles. The molecule has 4 rings (SSSR count). The van der Waals surface area contributed by atoms with Crippen LogP contribution in [-0.2, 0) is 9.53 Å². The molecule has 33 heavy (non-hydrogen) atoms. The topological polar surface area (TPSA) is 118 Å². The lowest BCUT2D eigenvalue weighted by Gasteiger charge is -2.14. The number of aryl methyl sites for hydroxylation is 1. The number of carbonyl (C=O) groups is 3. The summed E-state index contributed by atoms with van der Waals surface area (Å²) in [4.78, 5) is 40.2. The summed E-state index contributed by atoms with van der Waals surface area (Å²) in [6.45, 7) is 3.33. The van der Waals surface area contributed by atoms with Gasteiger partial charge in [0.1, 0.15) is 11.5 Å². The molecule has 1 unspecified atom stereocenters. The Bertz CT molecular complexity index is 1180. The van der Waals surface area contributed by atoms with Crippen molar-refractivity contribution >= 4 is 34.4 Å². The van der Waals surface area contributed by atoms with Crippen molar-refractivity contribution in [2.75, 3.05) is 18.5 Å². The molecule has 1 aliphatic carbocycles. The van der Waals surface area contributed by atoms with Gasteiger partial charge >= 0.3 is 12.1 Å².